The predicted octanol–water partition coefficient (Wildman–Crippen LogP) is 6.77. The molecule has 2 N–H and O–H groups in total. The Morgan fingerprint density at radius 3 is 2.06 bits per heavy atom. The Balaban J connectivity index is 1.47. The van der Waals surface area contributed by atoms with Crippen LogP contribution < -0.4 is 5.32 Å². The van der Waals surface area contributed by atoms with Crippen LogP contribution in [0.25, 0.3) is 22.5 Å². The van der Waals surface area contributed by atoms with Crippen molar-refractivity contribution in [2.75, 3.05) is 11.1 Å². The molecule has 0 saturated heterocycles. The number of H-pyrrole nitrogens is 1. The third kappa shape index (κ3) is 5.29. The van der Waals surface area contributed by atoms with Crippen LogP contribution in [0.2, 0.25) is 0 Å². The van der Waals surface area contributed by atoms with Gasteiger partial charge in [-0.2, -0.15) is 0 Å². The number of aromatic amines is 1. The molecule has 0 fully saturated rings. The molecule has 0 atom stereocenters. The summed E-state index contributed by atoms with van der Waals surface area (Å²) in [5, 5.41) is 3.70. The molecule has 162 valence electrons. The molecule has 4 nitrogen and oxygen atoms in total. The summed E-state index contributed by atoms with van der Waals surface area (Å²) in [6.45, 7) is 6.52. The summed E-state index contributed by atoms with van der Waals surface area (Å²) >= 11 is 1.40. The zero-order valence-corrected chi connectivity index (χ0v) is 19.4. The second kappa shape index (κ2) is 9.45. The van der Waals surface area contributed by atoms with Crippen LogP contribution in [0.4, 0.5) is 5.69 Å². The molecule has 0 aliphatic carbocycles. The van der Waals surface area contributed by atoms with E-state index in [1.165, 1.54) is 17.3 Å². The summed E-state index contributed by atoms with van der Waals surface area (Å²) in [6.07, 6.45) is 0. The summed E-state index contributed by atoms with van der Waals surface area (Å²) in [5.74, 6) is 0.217. The minimum atomic E-state index is -0.0579. The first-order valence-corrected chi connectivity index (χ1v) is 11.6. The van der Waals surface area contributed by atoms with E-state index in [2.05, 4.69) is 55.3 Å². The van der Waals surface area contributed by atoms with Crippen molar-refractivity contribution in [3.63, 3.8) is 0 Å². The summed E-state index contributed by atoms with van der Waals surface area (Å²) in [7, 11) is 0. The second-order valence-electron chi connectivity index (χ2n) is 8.66. The molecule has 1 heterocycles. The number of rotatable bonds is 6. The van der Waals surface area contributed by atoms with Crippen molar-refractivity contribution in [3.05, 3.63) is 90.5 Å². The number of aromatic nitrogens is 2. The molecule has 5 heteroatoms. The number of benzene rings is 3. The maximum Gasteiger partial charge on any atom is 0.234 e. The molecule has 0 bridgehead atoms. The predicted molar refractivity (Wildman–Crippen MR) is 134 cm³/mol. The largest absolute Gasteiger partial charge is 0.332 e. The highest BCUT2D eigenvalue weighted by molar-refractivity contribution is 7.99. The highest BCUT2D eigenvalue weighted by Gasteiger charge is 2.16. The third-order valence-electron chi connectivity index (χ3n) is 5.17. The summed E-state index contributed by atoms with van der Waals surface area (Å²) in [4.78, 5) is 20.7. The number of carbonyl (C=O) groups excluding carboxylic acids is 1. The number of amides is 1. The second-order valence-corrected chi connectivity index (χ2v) is 9.63. The molecule has 0 unspecified atom stereocenters. The summed E-state index contributed by atoms with van der Waals surface area (Å²) in [6, 6.07) is 28.3. The fourth-order valence-electron chi connectivity index (χ4n) is 3.42. The first-order valence-electron chi connectivity index (χ1n) is 10.6. The molecule has 1 aromatic heterocycles. The van der Waals surface area contributed by atoms with Crippen LogP contribution >= 0.6 is 11.8 Å². The highest BCUT2D eigenvalue weighted by atomic mass is 32.2. The normalized spacial score (nSPS) is 11.3. The molecule has 3 aromatic carbocycles. The first kappa shape index (κ1) is 21.9. The maximum atomic E-state index is 12.5. The lowest BCUT2D eigenvalue weighted by Gasteiger charge is -2.19. The van der Waals surface area contributed by atoms with E-state index in [1.807, 2.05) is 60.7 Å². The van der Waals surface area contributed by atoms with Gasteiger partial charge in [-0.1, -0.05) is 105 Å². The van der Waals surface area contributed by atoms with Gasteiger partial charge >= 0.3 is 0 Å². The van der Waals surface area contributed by atoms with E-state index in [9.17, 15) is 4.79 Å². The molecular weight excluding hydrogens is 414 g/mol. The van der Waals surface area contributed by atoms with Crippen LogP contribution in [0.3, 0.4) is 0 Å². The molecule has 32 heavy (non-hydrogen) atoms. The Labute approximate surface area is 193 Å². The third-order valence-corrected chi connectivity index (χ3v) is 6.04. The fourth-order valence-corrected chi connectivity index (χ4v) is 4.09. The van der Waals surface area contributed by atoms with Gasteiger partial charge in [0.1, 0.15) is 0 Å². The highest BCUT2D eigenvalue weighted by Crippen LogP contribution is 2.32. The molecule has 0 spiro atoms. The van der Waals surface area contributed by atoms with Crippen molar-refractivity contribution in [2.24, 2.45) is 0 Å². The van der Waals surface area contributed by atoms with Crippen LogP contribution in [0, 0.1) is 0 Å². The van der Waals surface area contributed by atoms with Crippen LogP contribution in [0.1, 0.15) is 26.3 Å². The van der Waals surface area contributed by atoms with Gasteiger partial charge < -0.3 is 10.3 Å². The number of nitrogens with one attached hydrogen (secondary N) is 2. The van der Waals surface area contributed by atoms with E-state index >= 15 is 0 Å². The van der Waals surface area contributed by atoms with Gasteiger partial charge in [-0.3, -0.25) is 4.79 Å². The van der Waals surface area contributed by atoms with Gasteiger partial charge in [0.15, 0.2) is 5.16 Å². The van der Waals surface area contributed by atoms with E-state index in [-0.39, 0.29) is 17.1 Å². The van der Waals surface area contributed by atoms with Crippen LogP contribution in [-0.2, 0) is 10.2 Å². The minimum Gasteiger partial charge on any atom is -0.332 e. The number of thioether (sulfide) groups is 1. The number of imidazole rings is 1. The van der Waals surface area contributed by atoms with E-state index in [0.29, 0.717) is 0 Å². The molecule has 0 aliphatic rings. The Bertz CT molecular complexity index is 1120. The van der Waals surface area contributed by atoms with Gasteiger partial charge in [-0.15, -0.1) is 0 Å². The van der Waals surface area contributed by atoms with Gasteiger partial charge in [0.25, 0.3) is 0 Å². The van der Waals surface area contributed by atoms with Crippen LogP contribution in [-0.4, -0.2) is 21.6 Å². The fraction of sp³-hybridized carbons (Fsp3) is 0.185. The number of hydrogen-bond donors (Lipinski definition) is 2. The average Bonchev–Trinajstić information content (AvgIpc) is 3.23. The molecular formula is C27H27N3OS. The van der Waals surface area contributed by atoms with Crippen LogP contribution in [0.5, 0.6) is 0 Å². The maximum absolute atomic E-state index is 12.5. The lowest BCUT2D eigenvalue weighted by Crippen LogP contribution is -2.15. The number of carbonyl (C=O) groups is 1. The molecule has 0 radical (unpaired) electrons. The molecule has 1 amide bonds. The van der Waals surface area contributed by atoms with E-state index in [1.54, 1.807) is 0 Å². The van der Waals surface area contributed by atoms with Gasteiger partial charge in [-0.25, -0.2) is 4.98 Å². The van der Waals surface area contributed by atoms with Crippen molar-refractivity contribution in [3.8, 4) is 22.5 Å². The topological polar surface area (TPSA) is 57.8 Å². The Kier molecular flexibility index (Phi) is 6.47. The summed E-state index contributed by atoms with van der Waals surface area (Å²) in [5.41, 5.74) is 6.08. The minimum absolute atomic E-state index is 0.0579. The average molecular weight is 442 g/mol. The first-order chi connectivity index (χ1) is 15.4. The van der Waals surface area contributed by atoms with Crippen molar-refractivity contribution in [2.45, 2.75) is 31.3 Å². The number of nitrogens with zero attached hydrogens (tertiary/aromatic N) is 1. The number of hydrogen-bond acceptors (Lipinski definition) is 3. The van der Waals surface area contributed by atoms with E-state index < -0.39 is 0 Å². The van der Waals surface area contributed by atoms with Gasteiger partial charge in [0.2, 0.25) is 5.91 Å². The zero-order chi connectivity index (χ0) is 22.6. The zero-order valence-electron chi connectivity index (χ0n) is 18.6. The monoisotopic (exact) mass is 441 g/mol. The van der Waals surface area contributed by atoms with Gasteiger partial charge in [0, 0.05) is 16.8 Å². The number of anilines is 1. The van der Waals surface area contributed by atoms with Crippen molar-refractivity contribution >= 4 is 23.4 Å². The van der Waals surface area contributed by atoms with Gasteiger partial charge in [-0.05, 0) is 23.1 Å². The smallest absolute Gasteiger partial charge is 0.234 e. The van der Waals surface area contributed by atoms with E-state index in [0.717, 1.165) is 33.4 Å². The standard InChI is InChI=1S/C27H27N3OS/c1-27(2,3)21-14-16-22(17-15-21)28-23(31)18-32-26-29-24(19-10-6-4-7-11-19)25(30-26)20-12-8-5-9-13-20/h4-17H,18H2,1-3H3,(H,28,31)(H,29,30). The molecule has 4 aromatic rings. The SMILES string of the molecule is CC(C)(C)c1ccc(NC(=O)CSc2nc(-c3ccccc3)c(-c3ccccc3)[nH]2)cc1. The summed E-state index contributed by atoms with van der Waals surface area (Å²) < 4.78 is 0. The Morgan fingerprint density at radius 2 is 1.47 bits per heavy atom. The van der Waals surface area contributed by atoms with Gasteiger partial charge in [0.05, 0.1) is 17.1 Å². The lowest BCUT2D eigenvalue weighted by atomic mass is 9.87. The molecule has 4 rings (SSSR count). The van der Waals surface area contributed by atoms with Crippen molar-refractivity contribution in [1.82, 2.24) is 9.97 Å². The van der Waals surface area contributed by atoms with Crippen molar-refractivity contribution < 1.29 is 4.79 Å². The van der Waals surface area contributed by atoms with Crippen molar-refractivity contribution in [1.29, 1.82) is 0 Å². The van der Waals surface area contributed by atoms with Crippen LogP contribution in [0.15, 0.2) is 90.1 Å². The van der Waals surface area contributed by atoms with E-state index in [4.69, 9.17) is 4.98 Å². The quantitative estimate of drug-likeness (QED) is 0.325. The molecule has 0 saturated carbocycles. The lowest BCUT2D eigenvalue weighted by molar-refractivity contribution is -0.113. The Hall–Kier alpha value is -3.31. The molecule has 0 aliphatic heterocycles. The Morgan fingerprint density at radius 1 is 0.875 bits per heavy atom.